The lowest BCUT2D eigenvalue weighted by molar-refractivity contribution is 0.170. The number of hydrogen-bond donors (Lipinski definition) is 4. The molecule has 0 saturated heterocycles. The number of hydrogen-bond acceptors (Lipinski definition) is 4. The summed E-state index contributed by atoms with van der Waals surface area (Å²) in [6, 6.07) is 7.05. The second kappa shape index (κ2) is 10.3. The van der Waals surface area contributed by atoms with E-state index >= 15 is 0 Å². The number of unbranched alkanes of at least 4 members (excludes halogenated alkanes) is 1. The predicted molar refractivity (Wildman–Crippen MR) is 99.0 cm³/mol. The smallest absolute Gasteiger partial charge is 0.0802 e. The van der Waals surface area contributed by atoms with Crippen molar-refractivity contribution in [2.24, 2.45) is 11.7 Å². The molecular weight excluding hydrogens is 310 g/mol. The molecule has 0 bridgehead atoms. The first kappa shape index (κ1) is 20.5. The van der Waals surface area contributed by atoms with Gasteiger partial charge in [-0.3, -0.25) is 9.11 Å². The van der Waals surface area contributed by atoms with Crippen molar-refractivity contribution in [3.8, 4) is 0 Å². The number of aliphatic hydroxyl groups excluding tert-OH is 1. The van der Waals surface area contributed by atoms with Crippen LogP contribution in [0.25, 0.3) is 0 Å². The van der Waals surface area contributed by atoms with Crippen molar-refractivity contribution in [1.29, 1.82) is 0 Å². The maximum absolute atomic E-state index is 10.7. The van der Waals surface area contributed by atoms with Gasteiger partial charge < -0.3 is 10.8 Å². The average Bonchev–Trinajstić information content (AvgIpc) is 2.53. The van der Waals surface area contributed by atoms with Gasteiger partial charge in [0.1, 0.15) is 0 Å². The van der Waals surface area contributed by atoms with Crippen LogP contribution in [0.5, 0.6) is 0 Å². The first-order valence-electron chi connectivity index (χ1n) is 8.68. The minimum atomic E-state index is -2.83. The summed E-state index contributed by atoms with van der Waals surface area (Å²) in [6.07, 6.45) is 5.18. The van der Waals surface area contributed by atoms with Gasteiger partial charge in [0.25, 0.3) is 0 Å². The molecule has 4 nitrogen and oxygen atoms in total. The number of benzene rings is 1. The lowest BCUT2D eigenvalue weighted by Gasteiger charge is -2.36. The Morgan fingerprint density at radius 3 is 2.43 bits per heavy atom. The van der Waals surface area contributed by atoms with Gasteiger partial charge in [0.2, 0.25) is 0 Å². The van der Waals surface area contributed by atoms with Crippen LogP contribution in [0, 0.1) is 5.92 Å². The molecule has 5 heteroatoms. The van der Waals surface area contributed by atoms with Crippen LogP contribution in [0.4, 0.5) is 0 Å². The van der Waals surface area contributed by atoms with E-state index in [9.17, 15) is 14.2 Å². The molecule has 0 amide bonds. The molecule has 134 valence electrons. The summed E-state index contributed by atoms with van der Waals surface area (Å²) in [4.78, 5) is 0.531. The van der Waals surface area contributed by atoms with Gasteiger partial charge in [-0.15, -0.1) is 0 Å². The molecule has 1 aromatic carbocycles. The van der Waals surface area contributed by atoms with Crippen molar-refractivity contribution in [2.75, 3.05) is 12.3 Å². The van der Waals surface area contributed by atoms with Crippen molar-refractivity contribution in [3.05, 3.63) is 29.8 Å². The molecule has 1 rings (SSSR count). The van der Waals surface area contributed by atoms with Gasteiger partial charge in [-0.1, -0.05) is 45.2 Å². The Balaban J connectivity index is 2.86. The molecule has 0 aromatic heterocycles. The van der Waals surface area contributed by atoms with Crippen LogP contribution in [0.1, 0.15) is 64.0 Å². The SMILES string of the molecule is CCCC[C@H](CCC)CS(O)(O)c1cccc([C@H](O)CCN)c1. The lowest BCUT2D eigenvalue weighted by Crippen LogP contribution is -2.15. The lowest BCUT2D eigenvalue weighted by atomic mass is 9.99. The van der Waals surface area contributed by atoms with Crippen molar-refractivity contribution in [2.45, 2.75) is 63.4 Å². The minimum Gasteiger partial charge on any atom is -0.388 e. The van der Waals surface area contributed by atoms with E-state index in [0.717, 1.165) is 32.1 Å². The Hall–Kier alpha value is -0.590. The molecule has 0 aliphatic carbocycles. The average molecular weight is 344 g/mol. The topological polar surface area (TPSA) is 86.7 Å². The summed E-state index contributed by atoms with van der Waals surface area (Å²) in [5.74, 6) is 0.750. The number of aliphatic hydroxyl groups is 1. The highest BCUT2D eigenvalue weighted by atomic mass is 32.3. The zero-order chi connectivity index (χ0) is 17.3. The molecule has 0 heterocycles. The Labute approximate surface area is 142 Å². The standard InChI is InChI=1S/C18H33NO3S/c1-3-5-8-15(7-4-2)14-23(21,22)17-10-6-9-16(13-17)18(20)11-12-19/h6,9-10,13,15,18,20-22H,3-5,7-8,11-12,14,19H2,1-2H3/t15-,18+/m0/s1. The third kappa shape index (κ3) is 6.81. The van der Waals surface area contributed by atoms with Crippen molar-refractivity contribution in [1.82, 2.24) is 0 Å². The molecule has 0 aliphatic heterocycles. The van der Waals surface area contributed by atoms with E-state index in [0.29, 0.717) is 35.1 Å². The van der Waals surface area contributed by atoms with E-state index < -0.39 is 16.7 Å². The largest absolute Gasteiger partial charge is 0.388 e. The van der Waals surface area contributed by atoms with Crippen LogP contribution in [0.2, 0.25) is 0 Å². The van der Waals surface area contributed by atoms with E-state index in [-0.39, 0.29) is 0 Å². The Morgan fingerprint density at radius 1 is 1.09 bits per heavy atom. The zero-order valence-corrected chi connectivity index (χ0v) is 15.3. The molecule has 23 heavy (non-hydrogen) atoms. The van der Waals surface area contributed by atoms with Gasteiger partial charge >= 0.3 is 0 Å². The molecule has 0 radical (unpaired) electrons. The molecule has 5 N–H and O–H groups in total. The van der Waals surface area contributed by atoms with Crippen LogP contribution in [-0.4, -0.2) is 26.5 Å². The predicted octanol–water partition coefficient (Wildman–Crippen LogP) is 4.78. The van der Waals surface area contributed by atoms with Crippen molar-refractivity contribution in [3.63, 3.8) is 0 Å². The van der Waals surface area contributed by atoms with Gasteiger partial charge in [0, 0.05) is 5.75 Å². The molecule has 0 aliphatic rings. The fourth-order valence-corrected chi connectivity index (χ4v) is 4.69. The van der Waals surface area contributed by atoms with Crippen LogP contribution in [0.3, 0.4) is 0 Å². The summed E-state index contributed by atoms with van der Waals surface area (Å²) >= 11 is 0. The Bertz CT molecular complexity index is 454. The molecule has 1 aromatic rings. The van der Waals surface area contributed by atoms with Crippen LogP contribution >= 0.6 is 10.6 Å². The van der Waals surface area contributed by atoms with Crippen LogP contribution < -0.4 is 5.73 Å². The van der Waals surface area contributed by atoms with Crippen LogP contribution in [0.15, 0.2) is 29.2 Å². The summed E-state index contributed by atoms with van der Waals surface area (Å²) in [6.45, 7) is 4.69. The van der Waals surface area contributed by atoms with Crippen molar-refractivity contribution < 1.29 is 14.2 Å². The quantitative estimate of drug-likeness (QED) is 0.465. The summed E-state index contributed by atoms with van der Waals surface area (Å²) in [5.41, 5.74) is 6.19. The molecular formula is C18H33NO3S. The first-order valence-corrected chi connectivity index (χ1v) is 10.4. The fourth-order valence-electron chi connectivity index (χ4n) is 2.89. The third-order valence-electron chi connectivity index (χ3n) is 4.19. The van der Waals surface area contributed by atoms with E-state index in [1.165, 1.54) is 0 Å². The van der Waals surface area contributed by atoms with Crippen LogP contribution in [-0.2, 0) is 0 Å². The van der Waals surface area contributed by atoms with Gasteiger partial charge in [-0.2, -0.15) is 10.6 Å². The molecule has 0 unspecified atom stereocenters. The van der Waals surface area contributed by atoms with Gasteiger partial charge in [-0.25, -0.2) is 0 Å². The zero-order valence-electron chi connectivity index (χ0n) is 14.4. The van der Waals surface area contributed by atoms with E-state index in [1.807, 2.05) is 0 Å². The second-order valence-electron chi connectivity index (χ2n) is 6.30. The van der Waals surface area contributed by atoms with Gasteiger partial charge in [-0.05, 0) is 49.4 Å². The van der Waals surface area contributed by atoms with E-state index in [2.05, 4.69) is 13.8 Å². The Morgan fingerprint density at radius 2 is 1.83 bits per heavy atom. The highest BCUT2D eigenvalue weighted by Crippen LogP contribution is 2.51. The summed E-state index contributed by atoms with van der Waals surface area (Å²) < 4.78 is 21.3. The molecule has 0 saturated carbocycles. The summed E-state index contributed by atoms with van der Waals surface area (Å²) in [5, 5.41) is 10.1. The molecule has 2 atom stereocenters. The second-order valence-corrected chi connectivity index (χ2v) is 8.43. The number of rotatable bonds is 11. The highest BCUT2D eigenvalue weighted by Gasteiger charge is 2.22. The first-order chi connectivity index (χ1) is 10.9. The Kier molecular flexibility index (Phi) is 9.17. The van der Waals surface area contributed by atoms with Crippen molar-refractivity contribution >= 4 is 10.6 Å². The van der Waals surface area contributed by atoms with E-state index in [4.69, 9.17) is 5.73 Å². The normalized spacial score (nSPS) is 15.4. The van der Waals surface area contributed by atoms with Gasteiger partial charge in [0.15, 0.2) is 0 Å². The summed E-state index contributed by atoms with van der Waals surface area (Å²) in [7, 11) is -2.83. The maximum atomic E-state index is 10.7. The minimum absolute atomic E-state index is 0.336. The maximum Gasteiger partial charge on any atom is 0.0802 e. The number of nitrogens with two attached hydrogens (primary N) is 1. The molecule has 0 spiro atoms. The highest BCUT2D eigenvalue weighted by molar-refractivity contribution is 8.24. The fraction of sp³-hybridized carbons (Fsp3) is 0.667. The molecule has 0 fully saturated rings. The van der Waals surface area contributed by atoms with E-state index in [1.54, 1.807) is 24.3 Å². The monoisotopic (exact) mass is 343 g/mol. The van der Waals surface area contributed by atoms with Gasteiger partial charge in [0.05, 0.1) is 11.0 Å². The third-order valence-corrected chi connectivity index (χ3v) is 6.14.